The number of piperidine rings is 1. The van der Waals surface area contributed by atoms with E-state index in [0.29, 0.717) is 17.9 Å². The van der Waals surface area contributed by atoms with Gasteiger partial charge in [0.05, 0.1) is 12.2 Å². The number of hydrogen-bond acceptors (Lipinski definition) is 4. The number of likely N-dealkylation sites (tertiary alicyclic amines) is 2. The zero-order chi connectivity index (χ0) is 13.2. The van der Waals surface area contributed by atoms with Gasteiger partial charge in [0.2, 0.25) is 5.91 Å². The maximum absolute atomic E-state index is 11.5. The van der Waals surface area contributed by atoms with Gasteiger partial charge in [0, 0.05) is 45.8 Å². The number of carbonyl (C=O) groups is 1. The third-order valence-electron chi connectivity index (χ3n) is 4.31. The highest BCUT2D eigenvalue weighted by atomic mass is 16.2. The largest absolute Gasteiger partial charge is 0.345 e. The molecule has 6 heteroatoms. The maximum Gasteiger partial charge on any atom is 0.222 e. The Morgan fingerprint density at radius 2 is 2.16 bits per heavy atom. The van der Waals surface area contributed by atoms with E-state index >= 15 is 0 Å². The van der Waals surface area contributed by atoms with Crippen LogP contribution < -0.4 is 0 Å². The molecule has 0 radical (unpaired) electrons. The molecule has 2 fully saturated rings. The van der Waals surface area contributed by atoms with Gasteiger partial charge in [-0.25, -0.2) is 4.68 Å². The first kappa shape index (κ1) is 12.6. The van der Waals surface area contributed by atoms with Crippen molar-refractivity contribution in [2.24, 2.45) is 5.92 Å². The third-order valence-corrected chi connectivity index (χ3v) is 4.31. The highest BCUT2D eigenvalue weighted by Gasteiger charge is 2.29. The van der Waals surface area contributed by atoms with Crippen molar-refractivity contribution in [2.45, 2.75) is 25.3 Å². The van der Waals surface area contributed by atoms with E-state index in [1.54, 1.807) is 6.20 Å². The molecule has 0 aromatic carbocycles. The minimum absolute atomic E-state index is 0.294. The number of hydrogen-bond donors (Lipinski definition) is 0. The molecule has 2 aliphatic rings. The molecule has 1 amide bonds. The molecule has 1 aromatic rings. The average molecular weight is 263 g/mol. The molecule has 6 nitrogen and oxygen atoms in total. The number of aromatic nitrogens is 3. The van der Waals surface area contributed by atoms with E-state index < -0.39 is 0 Å². The lowest BCUT2D eigenvalue weighted by Gasteiger charge is -2.33. The van der Waals surface area contributed by atoms with Crippen LogP contribution in [0.3, 0.4) is 0 Å². The van der Waals surface area contributed by atoms with E-state index in [4.69, 9.17) is 0 Å². The van der Waals surface area contributed by atoms with Gasteiger partial charge in [-0.2, -0.15) is 0 Å². The molecule has 1 unspecified atom stereocenters. The van der Waals surface area contributed by atoms with E-state index in [1.807, 2.05) is 22.8 Å². The van der Waals surface area contributed by atoms with Gasteiger partial charge in [0.15, 0.2) is 0 Å². The normalized spacial score (nSPS) is 26.3. The summed E-state index contributed by atoms with van der Waals surface area (Å²) in [5.74, 6) is 0.808. The van der Waals surface area contributed by atoms with Crippen LogP contribution in [0.15, 0.2) is 12.4 Å². The number of amides is 1. The Labute approximate surface area is 113 Å². The van der Waals surface area contributed by atoms with Crippen LogP contribution in [-0.2, 0) is 4.79 Å². The summed E-state index contributed by atoms with van der Waals surface area (Å²) in [4.78, 5) is 15.9. The van der Waals surface area contributed by atoms with Gasteiger partial charge in [-0.05, 0) is 18.8 Å². The van der Waals surface area contributed by atoms with Crippen LogP contribution in [0.25, 0.3) is 0 Å². The molecule has 1 atom stereocenters. The molecule has 3 heterocycles. The van der Waals surface area contributed by atoms with Crippen LogP contribution in [0, 0.1) is 5.92 Å². The van der Waals surface area contributed by atoms with Crippen molar-refractivity contribution in [3.05, 3.63) is 12.4 Å². The van der Waals surface area contributed by atoms with Gasteiger partial charge in [0.25, 0.3) is 0 Å². The summed E-state index contributed by atoms with van der Waals surface area (Å²) >= 11 is 0. The van der Waals surface area contributed by atoms with E-state index in [-0.39, 0.29) is 0 Å². The summed E-state index contributed by atoms with van der Waals surface area (Å²) in [5.41, 5.74) is 0. The van der Waals surface area contributed by atoms with Crippen LogP contribution in [0.4, 0.5) is 0 Å². The van der Waals surface area contributed by atoms with Crippen LogP contribution in [0.5, 0.6) is 0 Å². The summed E-state index contributed by atoms with van der Waals surface area (Å²) in [5, 5.41) is 7.96. The second kappa shape index (κ2) is 5.28. The molecular weight excluding hydrogens is 242 g/mol. The molecular formula is C13H21N5O. The van der Waals surface area contributed by atoms with Crippen LogP contribution in [0.1, 0.15) is 25.3 Å². The smallest absolute Gasteiger partial charge is 0.222 e. The Morgan fingerprint density at radius 1 is 1.37 bits per heavy atom. The van der Waals surface area contributed by atoms with Crippen molar-refractivity contribution >= 4 is 5.91 Å². The third kappa shape index (κ3) is 2.78. The Balaban J connectivity index is 1.47. The fraction of sp³-hybridized carbons (Fsp3) is 0.769. The van der Waals surface area contributed by atoms with Crippen molar-refractivity contribution in [3.63, 3.8) is 0 Å². The van der Waals surface area contributed by atoms with Crippen molar-refractivity contribution < 1.29 is 4.79 Å². The molecule has 0 bridgehead atoms. The highest BCUT2D eigenvalue weighted by Crippen LogP contribution is 2.24. The first-order valence-corrected chi connectivity index (χ1v) is 7.04. The van der Waals surface area contributed by atoms with Crippen molar-refractivity contribution in [3.8, 4) is 0 Å². The predicted molar refractivity (Wildman–Crippen MR) is 70.5 cm³/mol. The van der Waals surface area contributed by atoms with Gasteiger partial charge in [-0.15, -0.1) is 5.10 Å². The lowest BCUT2D eigenvalue weighted by atomic mass is 10.0. The Hall–Kier alpha value is -1.43. The van der Waals surface area contributed by atoms with E-state index in [1.165, 1.54) is 0 Å². The molecule has 0 N–H and O–H groups in total. The first-order chi connectivity index (χ1) is 9.22. The summed E-state index contributed by atoms with van der Waals surface area (Å²) in [7, 11) is 1.90. The van der Waals surface area contributed by atoms with Gasteiger partial charge < -0.3 is 9.80 Å². The summed E-state index contributed by atoms with van der Waals surface area (Å²) in [6.07, 6.45) is 6.66. The maximum atomic E-state index is 11.5. The Kier molecular flexibility index (Phi) is 3.50. The second-order valence-corrected chi connectivity index (χ2v) is 5.76. The lowest BCUT2D eigenvalue weighted by molar-refractivity contribution is -0.126. The molecule has 0 saturated carbocycles. The van der Waals surface area contributed by atoms with Crippen LogP contribution >= 0.6 is 0 Å². The molecule has 0 spiro atoms. The van der Waals surface area contributed by atoms with E-state index in [2.05, 4.69) is 15.2 Å². The quantitative estimate of drug-likeness (QED) is 0.792. The van der Waals surface area contributed by atoms with Crippen molar-refractivity contribution in [2.75, 3.05) is 33.2 Å². The predicted octanol–water partition coefficient (Wildman–Crippen LogP) is 0.393. The average Bonchev–Trinajstić information content (AvgIpc) is 3.02. The summed E-state index contributed by atoms with van der Waals surface area (Å²) in [6.45, 7) is 4.17. The second-order valence-electron chi connectivity index (χ2n) is 5.76. The van der Waals surface area contributed by atoms with Crippen LogP contribution in [-0.4, -0.2) is 63.9 Å². The zero-order valence-corrected chi connectivity index (χ0v) is 11.4. The lowest BCUT2D eigenvalue weighted by Crippen LogP contribution is -2.38. The number of carbonyl (C=O) groups excluding carboxylic acids is 1. The summed E-state index contributed by atoms with van der Waals surface area (Å²) in [6, 6.07) is 0.492. The molecule has 19 heavy (non-hydrogen) atoms. The summed E-state index contributed by atoms with van der Waals surface area (Å²) < 4.78 is 1.98. The topological polar surface area (TPSA) is 54.3 Å². The van der Waals surface area contributed by atoms with Gasteiger partial charge in [-0.1, -0.05) is 5.21 Å². The Morgan fingerprint density at radius 3 is 2.74 bits per heavy atom. The van der Waals surface area contributed by atoms with Crippen molar-refractivity contribution in [1.29, 1.82) is 0 Å². The van der Waals surface area contributed by atoms with Gasteiger partial charge in [0.1, 0.15) is 0 Å². The number of nitrogens with zero attached hydrogens (tertiary/aromatic N) is 5. The van der Waals surface area contributed by atoms with Crippen molar-refractivity contribution in [1.82, 2.24) is 24.8 Å². The molecule has 0 aliphatic carbocycles. The fourth-order valence-corrected chi connectivity index (χ4v) is 3.22. The fourth-order valence-electron chi connectivity index (χ4n) is 3.22. The van der Waals surface area contributed by atoms with Crippen LogP contribution in [0.2, 0.25) is 0 Å². The van der Waals surface area contributed by atoms with Gasteiger partial charge in [-0.3, -0.25) is 4.79 Å². The van der Waals surface area contributed by atoms with Gasteiger partial charge >= 0.3 is 0 Å². The standard InChI is InChI=1S/C13H21N5O/c1-16-9-11(8-13(16)19)10-17-5-2-12(3-6-17)18-7-4-14-15-18/h4,7,11-12H,2-3,5-6,8-10H2,1H3. The molecule has 1 aromatic heterocycles. The minimum Gasteiger partial charge on any atom is -0.345 e. The monoisotopic (exact) mass is 263 g/mol. The first-order valence-electron chi connectivity index (χ1n) is 7.04. The van der Waals surface area contributed by atoms with E-state index in [0.717, 1.165) is 45.4 Å². The number of rotatable bonds is 3. The Bertz CT molecular complexity index is 424. The SMILES string of the molecule is CN1CC(CN2CCC(n3ccnn3)CC2)CC1=O. The molecule has 2 saturated heterocycles. The molecule has 104 valence electrons. The minimum atomic E-state index is 0.294. The molecule has 3 rings (SSSR count). The zero-order valence-electron chi connectivity index (χ0n) is 11.4. The highest BCUT2D eigenvalue weighted by molar-refractivity contribution is 5.78. The van der Waals surface area contributed by atoms with E-state index in [9.17, 15) is 4.79 Å². The molecule has 2 aliphatic heterocycles.